The molecule has 0 aromatic heterocycles. The van der Waals surface area contributed by atoms with Crippen molar-refractivity contribution >= 4 is 29.0 Å². The Bertz CT molecular complexity index is 689. The molecule has 0 heterocycles. The number of hydrogen-bond donors (Lipinski definition) is 1. The van der Waals surface area contributed by atoms with Crippen molar-refractivity contribution < 1.29 is 14.1 Å². The SMILES string of the molecule is CSc1ccc(NC(=O)c2ccc([N+](=O)[O-])c(F)c2)cc1. The number of rotatable bonds is 4. The van der Waals surface area contributed by atoms with E-state index >= 15 is 0 Å². The maximum Gasteiger partial charge on any atom is 0.304 e. The molecule has 0 saturated heterocycles. The lowest BCUT2D eigenvalue weighted by Gasteiger charge is -2.06. The summed E-state index contributed by atoms with van der Waals surface area (Å²) in [5, 5.41) is 13.1. The van der Waals surface area contributed by atoms with Crippen LogP contribution in [0.25, 0.3) is 0 Å². The summed E-state index contributed by atoms with van der Waals surface area (Å²) in [7, 11) is 0. The minimum Gasteiger partial charge on any atom is -0.322 e. The maximum atomic E-state index is 13.5. The van der Waals surface area contributed by atoms with Crippen molar-refractivity contribution in [3.8, 4) is 0 Å². The largest absolute Gasteiger partial charge is 0.322 e. The predicted octanol–water partition coefficient (Wildman–Crippen LogP) is 3.71. The molecule has 0 atom stereocenters. The zero-order valence-corrected chi connectivity index (χ0v) is 11.8. The molecule has 1 amide bonds. The van der Waals surface area contributed by atoms with Crippen LogP contribution in [-0.2, 0) is 0 Å². The summed E-state index contributed by atoms with van der Waals surface area (Å²) in [4.78, 5) is 22.7. The summed E-state index contributed by atoms with van der Waals surface area (Å²) in [5.41, 5.74) is -0.0699. The molecule has 0 aliphatic carbocycles. The van der Waals surface area contributed by atoms with Gasteiger partial charge in [-0.3, -0.25) is 14.9 Å². The minimum atomic E-state index is -1.04. The molecule has 7 heteroatoms. The van der Waals surface area contributed by atoms with Gasteiger partial charge in [0.1, 0.15) is 0 Å². The van der Waals surface area contributed by atoms with Crippen LogP contribution in [0, 0.1) is 15.9 Å². The fourth-order valence-electron chi connectivity index (χ4n) is 1.67. The Labute approximate surface area is 124 Å². The van der Waals surface area contributed by atoms with E-state index < -0.39 is 22.3 Å². The monoisotopic (exact) mass is 306 g/mol. The van der Waals surface area contributed by atoms with E-state index in [9.17, 15) is 19.3 Å². The van der Waals surface area contributed by atoms with Gasteiger partial charge in [0.05, 0.1) is 4.92 Å². The van der Waals surface area contributed by atoms with E-state index in [-0.39, 0.29) is 5.56 Å². The van der Waals surface area contributed by atoms with Crippen molar-refractivity contribution in [2.24, 2.45) is 0 Å². The fraction of sp³-hybridized carbons (Fsp3) is 0.0714. The molecule has 2 aromatic carbocycles. The normalized spacial score (nSPS) is 10.2. The second-order valence-corrected chi connectivity index (χ2v) is 4.99. The molecule has 2 aromatic rings. The second-order valence-electron chi connectivity index (χ2n) is 4.11. The molecule has 1 N–H and O–H groups in total. The number of amides is 1. The van der Waals surface area contributed by atoms with Gasteiger partial charge in [-0.2, -0.15) is 4.39 Å². The van der Waals surface area contributed by atoms with Crippen molar-refractivity contribution in [3.63, 3.8) is 0 Å². The van der Waals surface area contributed by atoms with E-state index in [1.165, 1.54) is 6.07 Å². The van der Waals surface area contributed by atoms with Crippen LogP contribution in [0.5, 0.6) is 0 Å². The number of nitrogens with one attached hydrogen (secondary N) is 1. The van der Waals surface area contributed by atoms with Crippen LogP contribution >= 0.6 is 11.8 Å². The number of carbonyl (C=O) groups excluding carboxylic acids is 1. The zero-order valence-electron chi connectivity index (χ0n) is 11.0. The highest BCUT2D eigenvalue weighted by Crippen LogP contribution is 2.20. The van der Waals surface area contributed by atoms with Crippen LogP contribution in [-0.4, -0.2) is 17.1 Å². The molecule has 0 unspecified atom stereocenters. The Kier molecular flexibility index (Phi) is 4.54. The first-order chi connectivity index (χ1) is 10.0. The van der Waals surface area contributed by atoms with Crippen molar-refractivity contribution in [2.45, 2.75) is 4.90 Å². The highest BCUT2D eigenvalue weighted by molar-refractivity contribution is 7.98. The Morgan fingerprint density at radius 3 is 2.43 bits per heavy atom. The van der Waals surface area contributed by atoms with Crippen LogP contribution in [0.3, 0.4) is 0 Å². The third kappa shape index (κ3) is 3.57. The van der Waals surface area contributed by atoms with E-state index in [1.807, 2.05) is 18.4 Å². The minimum absolute atomic E-state index is 0.0204. The summed E-state index contributed by atoms with van der Waals surface area (Å²) < 4.78 is 13.5. The molecular formula is C14H11FN2O3S. The lowest BCUT2D eigenvalue weighted by Crippen LogP contribution is -2.12. The summed E-state index contributed by atoms with van der Waals surface area (Å²) >= 11 is 1.57. The Morgan fingerprint density at radius 2 is 1.90 bits per heavy atom. The highest BCUT2D eigenvalue weighted by Gasteiger charge is 2.16. The van der Waals surface area contributed by atoms with Gasteiger partial charge in [0.25, 0.3) is 5.91 Å². The van der Waals surface area contributed by atoms with E-state index in [0.717, 1.165) is 17.0 Å². The third-order valence-electron chi connectivity index (χ3n) is 2.75. The molecule has 0 spiro atoms. The average molecular weight is 306 g/mol. The Morgan fingerprint density at radius 1 is 1.24 bits per heavy atom. The van der Waals surface area contributed by atoms with E-state index in [0.29, 0.717) is 5.69 Å². The molecule has 108 valence electrons. The van der Waals surface area contributed by atoms with Crippen molar-refractivity contribution in [3.05, 3.63) is 64.0 Å². The number of carbonyl (C=O) groups is 1. The van der Waals surface area contributed by atoms with Crippen molar-refractivity contribution in [1.82, 2.24) is 0 Å². The van der Waals surface area contributed by atoms with Crippen LogP contribution in [0.4, 0.5) is 15.8 Å². The van der Waals surface area contributed by atoms with Gasteiger partial charge in [0.2, 0.25) is 5.82 Å². The van der Waals surface area contributed by atoms with Gasteiger partial charge in [-0.05, 0) is 42.7 Å². The first kappa shape index (κ1) is 15.0. The molecule has 0 fully saturated rings. The number of halogens is 1. The third-order valence-corrected chi connectivity index (χ3v) is 3.50. The Balaban J connectivity index is 2.16. The topological polar surface area (TPSA) is 72.2 Å². The van der Waals surface area contributed by atoms with Crippen molar-refractivity contribution in [1.29, 1.82) is 0 Å². The number of nitro groups is 1. The number of nitrogens with zero attached hydrogens (tertiary/aromatic N) is 1. The molecule has 0 aliphatic heterocycles. The van der Waals surface area contributed by atoms with Gasteiger partial charge in [0.15, 0.2) is 0 Å². The number of benzene rings is 2. The highest BCUT2D eigenvalue weighted by atomic mass is 32.2. The van der Waals surface area contributed by atoms with Crippen LogP contribution < -0.4 is 5.32 Å². The average Bonchev–Trinajstić information content (AvgIpc) is 2.47. The Hall–Kier alpha value is -2.41. The maximum absolute atomic E-state index is 13.5. The van der Waals surface area contributed by atoms with Crippen LogP contribution in [0.1, 0.15) is 10.4 Å². The molecule has 0 bridgehead atoms. The number of anilines is 1. The molecule has 0 saturated carbocycles. The predicted molar refractivity (Wildman–Crippen MR) is 79.2 cm³/mol. The van der Waals surface area contributed by atoms with E-state index in [2.05, 4.69) is 5.32 Å². The molecule has 21 heavy (non-hydrogen) atoms. The van der Waals surface area contributed by atoms with Gasteiger partial charge in [-0.15, -0.1) is 11.8 Å². The smallest absolute Gasteiger partial charge is 0.304 e. The summed E-state index contributed by atoms with van der Waals surface area (Å²) in [6.45, 7) is 0. The summed E-state index contributed by atoms with van der Waals surface area (Å²) in [6, 6.07) is 10.2. The summed E-state index contributed by atoms with van der Waals surface area (Å²) in [5.74, 6) is -1.56. The first-order valence-electron chi connectivity index (χ1n) is 5.90. The molecule has 0 radical (unpaired) electrons. The molecule has 2 rings (SSSR count). The van der Waals surface area contributed by atoms with Gasteiger partial charge in [0, 0.05) is 22.2 Å². The van der Waals surface area contributed by atoms with Crippen LogP contribution in [0.15, 0.2) is 47.4 Å². The molecule has 0 aliphatic rings. The lowest BCUT2D eigenvalue weighted by atomic mass is 10.2. The number of hydrogen-bond acceptors (Lipinski definition) is 4. The lowest BCUT2D eigenvalue weighted by molar-refractivity contribution is -0.387. The quantitative estimate of drug-likeness (QED) is 0.531. The first-order valence-corrected chi connectivity index (χ1v) is 7.13. The summed E-state index contributed by atoms with van der Waals surface area (Å²) in [6.07, 6.45) is 1.94. The number of thioether (sulfide) groups is 1. The standard InChI is InChI=1S/C14H11FN2O3S/c1-21-11-5-3-10(4-6-11)16-14(18)9-2-7-13(17(19)20)12(15)8-9/h2-8H,1H3,(H,16,18). The van der Waals surface area contributed by atoms with E-state index in [4.69, 9.17) is 0 Å². The second kappa shape index (κ2) is 6.36. The van der Waals surface area contributed by atoms with Crippen molar-refractivity contribution in [2.75, 3.05) is 11.6 Å². The van der Waals surface area contributed by atoms with Gasteiger partial charge in [-0.1, -0.05) is 0 Å². The zero-order chi connectivity index (χ0) is 15.4. The number of nitro benzene ring substituents is 1. The van der Waals surface area contributed by atoms with Gasteiger partial charge in [-0.25, -0.2) is 0 Å². The van der Waals surface area contributed by atoms with Gasteiger partial charge < -0.3 is 5.32 Å². The molecular weight excluding hydrogens is 295 g/mol. The van der Waals surface area contributed by atoms with Crippen LogP contribution in [0.2, 0.25) is 0 Å². The fourth-order valence-corrected chi connectivity index (χ4v) is 2.08. The van der Waals surface area contributed by atoms with E-state index in [1.54, 1.807) is 23.9 Å². The molecule has 5 nitrogen and oxygen atoms in total. The van der Waals surface area contributed by atoms with Gasteiger partial charge >= 0.3 is 5.69 Å².